The fraction of sp³-hybridized carbons (Fsp3) is 0.875. The molecular weight excluding hydrogens is 218 g/mol. The van der Waals surface area contributed by atoms with Gasteiger partial charge in [0.15, 0.2) is 0 Å². The predicted molar refractivity (Wildman–Crippen MR) is 45.0 cm³/mol. The maximum absolute atomic E-state index is 12.4. The number of carbonyl (C=O) groups is 1. The van der Waals surface area contributed by atoms with Crippen LogP contribution in [0.2, 0.25) is 0 Å². The zero-order valence-corrected chi connectivity index (χ0v) is 8.40. The Bertz CT molecular complexity index is 211. The van der Waals surface area contributed by atoms with Gasteiger partial charge in [-0.05, 0) is 13.3 Å². The summed E-state index contributed by atoms with van der Waals surface area (Å²) in [6, 6.07) is -0.637. The SMILES string of the molecule is COCCC(C)NC(=O)C(F)(F)C(F)F. The average Bonchev–Trinajstić information content (AvgIpc) is 2.14. The van der Waals surface area contributed by atoms with Gasteiger partial charge in [0, 0.05) is 19.8 Å². The molecule has 0 saturated carbocycles. The van der Waals surface area contributed by atoms with Crippen LogP contribution in [0.5, 0.6) is 0 Å². The lowest BCUT2D eigenvalue weighted by molar-refractivity contribution is -0.170. The maximum Gasteiger partial charge on any atom is 0.383 e. The second-order valence-corrected chi connectivity index (χ2v) is 3.08. The minimum atomic E-state index is -4.64. The molecule has 0 aromatic carbocycles. The molecule has 0 heterocycles. The molecule has 1 N–H and O–H groups in total. The Balaban J connectivity index is 4.12. The van der Waals surface area contributed by atoms with Gasteiger partial charge in [0.2, 0.25) is 0 Å². The van der Waals surface area contributed by atoms with Crippen molar-refractivity contribution in [3.63, 3.8) is 0 Å². The number of carbonyl (C=O) groups excluding carboxylic acids is 1. The summed E-state index contributed by atoms with van der Waals surface area (Å²) in [4.78, 5) is 10.7. The molecule has 15 heavy (non-hydrogen) atoms. The van der Waals surface area contributed by atoms with E-state index in [0.717, 1.165) is 0 Å². The molecular formula is C8H13F4NO2. The van der Waals surface area contributed by atoms with E-state index in [4.69, 9.17) is 0 Å². The molecule has 0 spiro atoms. The van der Waals surface area contributed by atoms with E-state index >= 15 is 0 Å². The summed E-state index contributed by atoms with van der Waals surface area (Å²) in [5.74, 6) is -6.59. The summed E-state index contributed by atoms with van der Waals surface area (Å²) < 4.78 is 53.0. The van der Waals surface area contributed by atoms with Crippen LogP contribution in [0.25, 0.3) is 0 Å². The van der Waals surface area contributed by atoms with Gasteiger partial charge in [-0.2, -0.15) is 8.78 Å². The Morgan fingerprint density at radius 3 is 2.40 bits per heavy atom. The average molecular weight is 231 g/mol. The van der Waals surface area contributed by atoms with Crippen LogP contribution in [0.1, 0.15) is 13.3 Å². The van der Waals surface area contributed by atoms with Crippen LogP contribution in [-0.2, 0) is 9.53 Å². The number of halogens is 4. The molecule has 0 aromatic rings. The number of methoxy groups -OCH3 is 1. The van der Waals surface area contributed by atoms with Crippen molar-refractivity contribution in [1.29, 1.82) is 0 Å². The molecule has 0 rings (SSSR count). The first-order valence-electron chi connectivity index (χ1n) is 4.28. The first kappa shape index (κ1) is 14.2. The maximum atomic E-state index is 12.4. The Labute approximate surface area is 84.8 Å². The lowest BCUT2D eigenvalue weighted by Crippen LogP contribution is -2.48. The highest BCUT2D eigenvalue weighted by atomic mass is 19.3. The summed E-state index contributed by atoms with van der Waals surface area (Å²) in [5, 5.41) is 1.79. The summed E-state index contributed by atoms with van der Waals surface area (Å²) in [7, 11) is 1.41. The summed E-state index contributed by atoms with van der Waals surface area (Å²) in [5.41, 5.74) is 0. The second-order valence-electron chi connectivity index (χ2n) is 3.08. The lowest BCUT2D eigenvalue weighted by atomic mass is 10.2. The number of nitrogens with one attached hydrogen (secondary N) is 1. The largest absolute Gasteiger partial charge is 0.385 e. The van der Waals surface area contributed by atoms with E-state index in [9.17, 15) is 22.4 Å². The third kappa shape index (κ3) is 4.46. The van der Waals surface area contributed by atoms with E-state index in [1.165, 1.54) is 14.0 Å². The first-order chi connectivity index (χ1) is 6.82. The van der Waals surface area contributed by atoms with Gasteiger partial charge in [0.05, 0.1) is 0 Å². The topological polar surface area (TPSA) is 38.3 Å². The van der Waals surface area contributed by atoms with Crippen LogP contribution < -0.4 is 5.32 Å². The molecule has 0 radical (unpaired) electrons. The number of ether oxygens (including phenoxy) is 1. The lowest BCUT2D eigenvalue weighted by Gasteiger charge is -2.18. The van der Waals surface area contributed by atoms with Gasteiger partial charge < -0.3 is 10.1 Å². The van der Waals surface area contributed by atoms with Gasteiger partial charge in [0.25, 0.3) is 5.91 Å². The van der Waals surface area contributed by atoms with Crippen molar-refractivity contribution >= 4 is 5.91 Å². The van der Waals surface area contributed by atoms with E-state index in [1.54, 1.807) is 5.32 Å². The van der Waals surface area contributed by atoms with E-state index in [1.807, 2.05) is 0 Å². The van der Waals surface area contributed by atoms with E-state index in [2.05, 4.69) is 4.74 Å². The molecule has 0 aliphatic carbocycles. The van der Waals surface area contributed by atoms with E-state index in [-0.39, 0.29) is 13.0 Å². The molecule has 0 aliphatic heterocycles. The fourth-order valence-corrected chi connectivity index (χ4v) is 0.786. The van der Waals surface area contributed by atoms with Crippen molar-refractivity contribution in [3.05, 3.63) is 0 Å². The minimum Gasteiger partial charge on any atom is -0.385 e. The molecule has 90 valence electrons. The van der Waals surface area contributed by atoms with Crippen molar-refractivity contribution in [1.82, 2.24) is 5.32 Å². The van der Waals surface area contributed by atoms with Gasteiger partial charge in [0.1, 0.15) is 0 Å². The summed E-state index contributed by atoms with van der Waals surface area (Å²) in [6.45, 7) is 1.68. The highest BCUT2D eigenvalue weighted by molar-refractivity contribution is 5.84. The van der Waals surface area contributed by atoms with Crippen LogP contribution in [0.4, 0.5) is 17.6 Å². The van der Waals surface area contributed by atoms with Crippen LogP contribution in [0.15, 0.2) is 0 Å². The van der Waals surface area contributed by atoms with Crippen molar-refractivity contribution < 1.29 is 27.1 Å². The molecule has 1 atom stereocenters. The predicted octanol–water partition coefficient (Wildman–Crippen LogP) is 1.43. The van der Waals surface area contributed by atoms with Gasteiger partial charge in [-0.15, -0.1) is 0 Å². The Kier molecular flexibility index (Phi) is 5.56. The molecule has 0 aromatic heterocycles. The molecule has 0 fully saturated rings. The van der Waals surface area contributed by atoms with Gasteiger partial charge in [-0.1, -0.05) is 0 Å². The quantitative estimate of drug-likeness (QED) is 0.702. The molecule has 0 bridgehead atoms. The number of amides is 1. The van der Waals surface area contributed by atoms with Gasteiger partial charge >= 0.3 is 12.3 Å². The molecule has 1 unspecified atom stereocenters. The third-order valence-electron chi connectivity index (χ3n) is 1.71. The molecule has 0 aliphatic rings. The van der Waals surface area contributed by atoms with Gasteiger partial charge in [-0.25, -0.2) is 8.78 Å². The molecule has 7 heteroatoms. The van der Waals surface area contributed by atoms with Gasteiger partial charge in [-0.3, -0.25) is 4.79 Å². The smallest absolute Gasteiger partial charge is 0.383 e. The zero-order valence-electron chi connectivity index (χ0n) is 8.40. The highest BCUT2D eigenvalue weighted by Gasteiger charge is 2.49. The minimum absolute atomic E-state index is 0.252. The third-order valence-corrected chi connectivity index (χ3v) is 1.71. The van der Waals surface area contributed by atoms with Crippen molar-refractivity contribution in [2.24, 2.45) is 0 Å². The monoisotopic (exact) mass is 231 g/mol. The Hall–Kier alpha value is -0.850. The van der Waals surface area contributed by atoms with Crippen molar-refractivity contribution in [2.45, 2.75) is 31.7 Å². The Morgan fingerprint density at radius 2 is 2.00 bits per heavy atom. The normalized spacial score (nSPS) is 14.1. The Morgan fingerprint density at radius 1 is 1.47 bits per heavy atom. The van der Waals surface area contributed by atoms with Crippen molar-refractivity contribution in [3.8, 4) is 0 Å². The number of hydrogen-bond donors (Lipinski definition) is 1. The van der Waals surface area contributed by atoms with Crippen molar-refractivity contribution in [2.75, 3.05) is 13.7 Å². The van der Waals surface area contributed by atoms with Crippen LogP contribution >= 0.6 is 0 Å². The number of hydrogen-bond acceptors (Lipinski definition) is 2. The zero-order chi connectivity index (χ0) is 12.1. The summed E-state index contributed by atoms with van der Waals surface area (Å²) >= 11 is 0. The standard InChI is InChI=1S/C8H13F4NO2/c1-5(3-4-15-2)13-7(14)8(11,12)6(9)10/h5-6H,3-4H2,1-2H3,(H,13,14). The number of rotatable bonds is 6. The number of alkyl halides is 4. The summed E-state index contributed by atoms with van der Waals surface area (Å²) in [6.07, 6.45) is -3.71. The van der Waals surface area contributed by atoms with Crippen LogP contribution in [-0.4, -0.2) is 38.0 Å². The molecule has 3 nitrogen and oxygen atoms in total. The molecule has 0 saturated heterocycles. The first-order valence-corrected chi connectivity index (χ1v) is 4.28. The van der Waals surface area contributed by atoms with Crippen LogP contribution in [0, 0.1) is 0 Å². The second kappa shape index (κ2) is 5.89. The van der Waals surface area contributed by atoms with Crippen LogP contribution in [0.3, 0.4) is 0 Å². The van der Waals surface area contributed by atoms with E-state index in [0.29, 0.717) is 0 Å². The molecule has 1 amide bonds. The highest BCUT2D eigenvalue weighted by Crippen LogP contribution is 2.22. The fourth-order valence-electron chi connectivity index (χ4n) is 0.786. The van der Waals surface area contributed by atoms with E-state index < -0.39 is 24.3 Å².